The number of aromatic nitrogens is 1. The number of carbonyl (C=O) groups is 1. The van der Waals surface area contributed by atoms with Gasteiger partial charge in [0.25, 0.3) is 0 Å². The lowest BCUT2D eigenvalue weighted by Gasteiger charge is -2.19. The maximum atomic E-state index is 12.2. The van der Waals surface area contributed by atoms with Gasteiger partial charge in [-0.3, -0.25) is 9.78 Å². The summed E-state index contributed by atoms with van der Waals surface area (Å²) in [6.07, 6.45) is 3.30. The van der Waals surface area contributed by atoms with Gasteiger partial charge in [0.2, 0.25) is 5.91 Å². The van der Waals surface area contributed by atoms with Crippen LogP contribution in [-0.2, 0) is 4.79 Å². The van der Waals surface area contributed by atoms with Crippen LogP contribution in [0.15, 0.2) is 48.8 Å². The largest absolute Gasteiger partial charge is 0.376 e. The second-order valence-corrected chi connectivity index (χ2v) is 4.66. The Bertz CT molecular complexity index is 583. The van der Waals surface area contributed by atoms with Crippen LogP contribution < -0.4 is 16.0 Å². The summed E-state index contributed by atoms with van der Waals surface area (Å²) in [7, 11) is 3.81. The molecule has 104 valence electrons. The van der Waals surface area contributed by atoms with Crippen molar-refractivity contribution in [2.45, 2.75) is 6.04 Å². The molecule has 1 aromatic carbocycles. The molecule has 3 N–H and O–H groups in total. The molecule has 0 unspecified atom stereocenters. The van der Waals surface area contributed by atoms with Crippen LogP contribution in [0.5, 0.6) is 0 Å². The number of hydrogen-bond acceptors (Lipinski definition) is 4. The van der Waals surface area contributed by atoms with Crippen LogP contribution in [0.1, 0.15) is 11.6 Å². The maximum absolute atomic E-state index is 12.2. The Morgan fingerprint density at radius 3 is 2.60 bits per heavy atom. The second-order valence-electron chi connectivity index (χ2n) is 4.66. The van der Waals surface area contributed by atoms with Gasteiger partial charge in [0.1, 0.15) is 6.04 Å². The van der Waals surface area contributed by atoms with Crippen LogP contribution in [0.25, 0.3) is 0 Å². The average molecular weight is 270 g/mol. The summed E-state index contributed by atoms with van der Waals surface area (Å²) < 4.78 is 0. The second kappa shape index (κ2) is 6.16. The van der Waals surface area contributed by atoms with E-state index in [2.05, 4.69) is 10.3 Å². The molecule has 0 saturated heterocycles. The standard InChI is InChI=1S/C15H18N4O/c1-19(2)13-8-9-17-10-12(13)18-15(20)14(16)11-6-4-3-5-7-11/h3-10,14H,16H2,1-2H3,(H,18,20)/t14-/m0/s1. The molecule has 1 heterocycles. The van der Waals surface area contributed by atoms with E-state index in [1.807, 2.05) is 55.4 Å². The van der Waals surface area contributed by atoms with Gasteiger partial charge in [-0.05, 0) is 11.6 Å². The smallest absolute Gasteiger partial charge is 0.245 e. The van der Waals surface area contributed by atoms with Crippen molar-refractivity contribution < 1.29 is 4.79 Å². The summed E-state index contributed by atoms with van der Waals surface area (Å²) in [6, 6.07) is 10.4. The molecule has 5 heteroatoms. The summed E-state index contributed by atoms with van der Waals surface area (Å²) in [5.74, 6) is -0.257. The first kappa shape index (κ1) is 14.0. The minimum atomic E-state index is -0.702. The number of anilines is 2. The highest BCUT2D eigenvalue weighted by atomic mass is 16.2. The highest BCUT2D eigenvalue weighted by molar-refractivity contribution is 5.97. The number of carbonyl (C=O) groups excluding carboxylic acids is 1. The van der Waals surface area contributed by atoms with Crippen molar-refractivity contribution in [2.75, 3.05) is 24.3 Å². The Balaban J connectivity index is 2.16. The minimum Gasteiger partial charge on any atom is -0.376 e. The van der Waals surface area contributed by atoms with Crippen molar-refractivity contribution in [3.63, 3.8) is 0 Å². The van der Waals surface area contributed by atoms with Crippen molar-refractivity contribution in [3.8, 4) is 0 Å². The highest BCUT2D eigenvalue weighted by Gasteiger charge is 2.17. The number of nitrogens with zero attached hydrogens (tertiary/aromatic N) is 2. The quantitative estimate of drug-likeness (QED) is 0.888. The lowest BCUT2D eigenvalue weighted by Crippen LogP contribution is -2.28. The third kappa shape index (κ3) is 3.13. The van der Waals surface area contributed by atoms with Gasteiger partial charge in [-0.25, -0.2) is 0 Å². The molecule has 0 fully saturated rings. The summed E-state index contributed by atoms with van der Waals surface area (Å²) in [5.41, 5.74) is 8.27. The van der Waals surface area contributed by atoms with E-state index >= 15 is 0 Å². The van der Waals surface area contributed by atoms with E-state index in [1.165, 1.54) is 0 Å². The molecule has 5 nitrogen and oxygen atoms in total. The molecule has 0 aliphatic rings. The molecular formula is C15H18N4O. The number of benzene rings is 1. The molecule has 1 atom stereocenters. The van der Waals surface area contributed by atoms with Crippen LogP contribution in [-0.4, -0.2) is 25.0 Å². The SMILES string of the molecule is CN(C)c1ccncc1NC(=O)[C@@H](N)c1ccccc1. The van der Waals surface area contributed by atoms with E-state index in [0.717, 1.165) is 11.3 Å². The first-order chi connectivity index (χ1) is 9.59. The fourth-order valence-electron chi connectivity index (χ4n) is 1.90. The third-order valence-corrected chi connectivity index (χ3v) is 2.98. The van der Waals surface area contributed by atoms with E-state index in [1.54, 1.807) is 12.4 Å². The van der Waals surface area contributed by atoms with Crippen molar-refractivity contribution in [1.82, 2.24) is 4.98 Å². The zero-order valence-corrected chi connectivity index (χ0v) is 11.6. The van der Waals surface area contributed by atoms with Crippen LogP contribution in [0.2, 0.25) is 0 Å². The Morgan fingerprint density at radius 2 is 1.95 bits per heavy atom. The van der Waals surface area contributed by atoms with Gasteiger partial charge in [-0.15, -0.1) is 0 Å². The van der Waals surface area contributed by atoms with Crippen LogP contribution in [0.3, 0.4) is 0 Å². The topological polar surface area (TPSA) is 71.2 Å². The molecule has 0 aliphatic carbocycles. The molecule has 0 spiro atoms. The van der Waals surface area contributed by atoms with Crippen molar-refractivity contribution >= 4 is 17.3 Å². The molecule has 0 radical (unpaired) electrons. The number of nitrogens with one attached hydrogen (secondary N) is 1. The maximum Gasteiger partial charge on any atom is 0.245 e. The Kier molecular flexibility index (Phi) is 4.32. The molecule has 1 amide bonds. The van der Waals surface area contributed by atoms with Crippen molar-refractivity contribution in [1.29, 1.82) is 0 Å². The van der Waals surface area contributed by atoms with Crippen LogP contribution in [0, 0.1) is 0 Å². The van der Waals surface area contributed by atoms with Gasteiger partial charge in [-0.2, -0.15) is 0 Å². The molecule has 20 heavy (non-hydrogen) atoms. The highest BCUT2D eigenvalue weighted by Crippen LogP contribution is 2.23. The number of pyridine rings is 1. The molecule has 0 saturated carbocycles. The van der Waals surface area contributed by atoms with E-state index in [4.69, 9.17) is 5.73 Å². The molecule has 0 bridgehead atoms. The molecular weight excluding hydrogens is 252 g/mol. The fourth-order valence-corrected chi connectivity index (χ4v) is 1.90. The van der Waals surface area contributed by atoms with Crippen LogP contribution in [0.4, 0.5) is 11.4 Å². The first-order valence-corrected chi connectivity index (χ1v) is 6.32. The predicted octanol–water partition coefficient (Wildman–Crippen LogP) is 1.79. The summed E-state index contributed by atoms with van der Waals surface area (Å²) in [6.45, 7) is 0. The monoisotopic (exact) mass is 270 g/mol. The van der Waals surface area contributed by atoms with Gasteiger partial charge in [0.15, 0.2) is 0 Å². The normalized spacial score (nSPS) is 11.8. The Hall–Kier alpha value is -2.40. The van der Waals surface area contributed by atoms with Crippen molar-refractivity contribution in [2.24, 2.45) is 5.73 Å². The number of hydrogen-bond donors (Lipinski definition) is 2. The fraction of sp³-hybridized carbons (Fsp3) is 0.200. The van der Waals surface area contributed by atoms with Gasteiger partial charge in [0.05, 0.1) is 17.6 Å². The van der Waals surface area contributed by atoms with E-state index in [-0.39, 0.29) is 5.91 Å². The third-order valence-electron chi connectivity index (χ3n) is 2.98. The Morgan fingerprint density at radius 1 is 1.25 bits per heavy atom. The van der Waals surface area contributed by atoms with E-state index < -0.39 is 6.04 Å². The molecule has 2 rings (SSSR count). The first-order valence-electron chi connectivity index (χ1n) is 6.32. The molecule has 1 aromatic heterocycles. The van der Waals surface area contributed by atoms with Crippen molar-refractivity contribution in [3.05, 3.63) is 54.4 Å². The summed E-state index contributed by atoms with van der Waals surface area (Å²) in [5, 5.41) is 2.82. The summed E-state index contributed by atoms with van der Waals surface area (Å²) in [4.78, 5) is 18.1. The molecule has 0 aliphatic heterocycles. The number of nitrogens with two attached hydrogens (primary N) is 1. The van der Waals surface area contributed by atoms with Gasteiger partial charge >= 0.3 is 0 Å². The van der Waals surface area contributed by atoms with E-state index in [0.29, 0.717) is 5.69 Å². The zero-order chi connectivity index (χ0) is 14.5. The van der Waals surface area contributed by atoms with Gasteiger partial charge < -0.3 is 16.0 Å². The number of rotatable bonds is 4. The lowest BCUT2D eigenvalue weighted by atomic mass is 10.1. The predicted molar refractivity (Wildman–Crippen MR) is 80.6 cm³/mol. The minimum absolute atomic E-state index is 0.257. The van der Waals surface area contributed by atoms with Gasteiger partial charge in [-0.1, -0.05) is 30.3 Å². The zero-order valence-electron chi connectivity index (χ0n) is 11.6. The van der Waals surface area contributed by atoms with E-state index in [9.17, 15) is 4.79 Å². The number of amides is 1. The molecule has 2 aromatic rings. The lowest BCUT2D eigenvalue weighted by molar-refractivity contribution is -0.117. The average Bonchev–Trinajstić information content (AvgIpc) is 2.47. The van der Waals surface area contributed by atoms with Crippen LogP contribution >= 0.6 is 0 Å². The summed E-state index contributed by atoms with van der Waals surface area (Å²) >= 11 is 0. The van der Waals surface area contributed by atoms with Gasteiger partial charge in [0, 0.05) is 20.3 Å². The Labute approximate surface area is 118 Å².